The zero-order chi connectivity index (χ0) is 21.5. The number of piperazine rings is 1. The smallest absolute Gasteiger partial charge is 0.257 e. The van der Waals surface area contributed by atoms with E-state index in [1.165, 1.54) is 4.90 Å². The number of aromatic nitrogens is 1. The molecule has 0 saturated carbocycles. The largest absolute Gasteiger partial charge is 0.495 e. The summed E-state index contributed by atoms with van der Waals surface area (Å²) in [6.07, 6.45) is 2.53. The second-order valence-electron chi connectivity index (χ2n) is 7.53. The topological polar surface area (TPSA) is 60.9 Å². The summed E-state index contributed by atoms with van der Waals surface area (Å²) in [7, 11) is 5.16. The van der Waals surface area contributed by atoms with Crippen LogP contribution in [0.5, 0.6) is 5.75 Å². The van der Waals surface area contributed by atoms with Crippen LogP contribution >= 0.6 is 24.0 Å². The van der Waals surface area contributed by atoms with Gasteiger partial charge in [-0.2, -0.15) is 0 Å². The normalized spacial score (nSPS) is 14.0. The summed E-state index contributed by atoms with van der Waals surface area (Å²) in [4.78, 5) is 23.0. The Morgan fingerprint density at radius 3 is 2.61 bits per heavy atom. The Morgan fingerprint density at radius 2 is 1.94 bits per heavy atom. The highest BCUT2D eigenvalue weighted by molar-refractivity contribution is 6.31. The summed E-state index contributed by atoms with van der Waals surface area (Å²) in [5.74, 6) is 1.40. The van der Waals surface area contributed by atoms with Crippen molar-refractivity contribution in [3.8, 4) is 5.75 Å². The van der Waals surface area contributed by atoms with Gasteiger partial charge in [0.1, 0.15) is 11.6 Å². The molecule has 170 valence electrons. The Hall–Kier alpha value is -2.22. The van der Waals surface area contributed by atoms with Crippen molar-refractivity contribution < 1.29 is 9.53 Å². The monoisotopic (exact) mass is 467 g/mol. The third kappa shape index (κ3) is 6.63. The van der Waals surface area contributed by atoms with Crippen LogP contribution in [0.1, 0.15) is 16.8 Å². The summed E-state index contributed by atoms with van der Waals surface area (Å²) < 4.78 is 5.49. The number of hydrogen-bond acceptors (Lipinski definition) is 6. The Balaban J connectivity index is 0.00000341. The van der Waals surface area contributed by atoms with E-state index in [9.17, 15) is 4.79 Å². The fraction of sp³-hybridized carbons (Fsp3) is 0.455. The van der Waals surface area contributed by atoms with Gasteiger partial charge in [-0.1, -0.05) is 23.7 Å². The van der Waals surface area contributed by atoms with Crippen LogP contribution in [-0.2, 0) is 0 Å². The molecule has 0 spiro atoms. The van der Waals surface area contributed by atoms with E-state index in [-0.39, 0.29) is 18.3 Å². The van der Waals surface area contributed by atoms with Crippen LogP contribution in [0.25, 0.3) is 0 Å². The Labute approximate surface area is 195 Å². The van der Waals surface area contributed by atoms with Crippen LogP contribution in [0.15, 0.2) is 36.5 Å². The van der Waals surface area contributed by atoms with E-state index in [1.807, 2.05) is 12.1 Å². The van der Waals surface area contributed by atoms with Gasteiger partial charge in [0, 0.05) is 53.0 Å². The molecule has 0 unspecified atom stereocenters. The van der Waals surface area contributed by atoms with E-state index in [0.717, 1.165) is 57.1 Å². The van der Waals surface area contributed by atoms with Crippen LogP contribution in [0.4, 0.5) is 11.5 Å². The summed E-state index contributed by atoms with van der Waals surface area (Å²) in [5.41, 5.74) is 1.66. The lowest BCUT2D eigenvalue weighted by Gasteiger charge is -2.36. The van der Waals surface area contributed by atoms with Crippen LogP contribution in [0.3, 0.4) is 0 Å². The Kier molecular flexibility index (Phi) is 9.68. The van der Waals surface area contributed by atoms with Crippen LogP contribution in [0, 0.1) is 0 Å². The molecule has 1 aliphatic rings. The van der Waals surface area contributed by atoms with E-state index in [4.69, 9.17) is 16.3 Å². The van der Waals surface area contributed by atoms with Crippen molar-refractivity contribution in [2.75, 3.05) is 70.7 Å². The second kappa shape index (κ2) is 12.0. The number of para-hydroxylation sites is 2. The fourth-order valence-corrected chi connectivity index (χ4v) is 3.75. The van der Waals surface area contributed by atoms with E-state index in [0.29, 0.717) is 16.4 Å². The second-order valence-corrected chi connectivity index (χ2v) is 7.97. The summed E-state index contributed by atoms with van der Waals surface area (Å²) in [6.45, 7) is 5.73. The van der Waals surface area contributed by atoms with Crippen LogP contribution < -0.4 is 15.0 Å². The zero-order valence-electron chi connectivity index (χ0n) is 18.3. The number of benzene rings is 1. The predicted molar refractivity (Wildman–Crippen MR) is 129 cm³/mol. The molecule has 3 rings (SSSR count). The number of halogens is 2. The molecule has 1 fully saturated rings. The zero-order valence-corrected chi connectivity index (χ0v) is 19.9. The average molecular weight is 468 g/mol. The van der Waals surface area contributed by atoms with Gasteiger partial charge in [0.25, 0.3) is 5.91 Å². The van der Waals surface area contributed by atoms with Crippen molar-refractivity contribution in [3.05, 3.63) is 47.1 Å². The highest BCUT2D eigenvalue weighted by Gasteiger charge is 2.19. The molecule has 0 bridgehead atoms. The lowest BCUT2D eigenvalue weighted by Crippen LogP contribution is -2.47. The first-order valence-corrected chi connectivity index (χ1v) is 10.6. The maximum Gasteiger partial charge on any atom is 0.257 e. The maximum atomic E-state index is 12.4. The van der Waals surface area contributed by atoms with E-state index < -0.39 is 0 Å². The lowest BCUT2D eigenvalue weighted by atomic mass is 10.2. The third-order valence-electron chi connectivity index (χ3n) is 5.23. The average Bonchev–Trinajstić information content (AvgIpc) is 2.77. The van der Waals surface area contributed by atoms with Crippen LogP contribution in [0.2, 0.25) is 5.02 Å². The number of ether oxygens (including phenoxy) is 1. The molecule has 1 amide bonds. The van der Waals surface area contributed by atoms with Gasteiger partial charge in [0.15, 0.2) is 0 Å². The number of rotatable bonds is 8. The van der Waals surface area contributed by atoms with Crippen molar-refractivity contribution in [3.63, 3.8) is 0 Å². The van der Waals surface area contributed by atoms with Crippen molar-refractivity contribution in [2.24, 2.45) is 0 Å². The number of pyridine rings is 1. The minimum atomic E-state index is -0.111. The highest BCUT2D eigenvalue weighted by Crippen LogP contribution is 2.28. The molecule has 0 atom stereocenters. The molecule has 0 radical (unpaired) electrons. The van der Waals surface area contributed by atoms with Crippen molar-refractivity contribution >= 4 is 41.4 Å². The van der Waals surface area contributed by atoms with Gasteiger partial charge in [-0.25, -0.2) is 4.98 Å². The quantitative estimate of drug-likeness (QED) is 0.599. The molecule has 2 heterocycles. The SMILES string of the molecule is COc1ccccc1N1CCN(CCCNc2ncc(Cl)cc2C(=O)N(C)C)CC1.Cl. The highest BCUT2D eigenvalue weighted by atomic mass is 35.5. The third-order valence-corrected chi connectivity index (χ3v) is 5.44. The molecule has 31 heavy (non-hydrogen) atoms. The molecular formula is C22H31Cl2N5O2. The molecule has 0 aliphatic carbocycles. The first-order valence-electron chi connectivity index (χ1n) is 10.2. The molecule has 2 aromatic rings. The standard InChI is InChI=1S/C22H30ClN5O2.ClH/c1-26(2)22(29)18-15-17(23)16-25-21(18)24-9-6-10-27-11-13-28(14-12-27)19-7-4-5-8-20(19)30-3;/h4-5,7-8,15-16H,6,9-14H2,1-3H3,(H,24,25);1H. The first-order chi connectivity index (χ1) is 14.5. The van der Waals surface area contributed by atoms with Gasteiger partial charge in [-0.05, 0) is 31.2 Å². The molecule has 1 aromatic heterocycles. The van der Waals surface area contributed by atoms with Crippen molar-refractivity contribution in [2.45, 2.75) is 6.42 Å². The Bertz CT molecular complexity index is 858. The minimum Gasteiger partial charge on any atom is -0.495 e. The summed E-state index contributed by atoms with van der Waals surface area (Å²) in [5, 5.41) is 3.75. The van der Waals surface area contributed by atoms with Crippen molar-refractivity contribution in [1.82, 2.24) is 14.8 Å². The number of carbonyl (C=O) groups excluding carboxylic acids is 1. The van der Waals surface area contributed by atoms with E-state index in [1.54, 1.807) is 33.5 Å². The Morgan fingerprint density at radius 1 is 1.23 bits per heavy atom. The van der Waals surface area contributed by atoms with Gasteiger partial charge in [-0.15, -0.1) is 12.4 Å². The number of anilines is 2. The van der Waals surface area contributed by atoms with E-state index >= 15 is 0 Å². The lowest BCUT2D eigenvalue weighted by molar-refractivity contribution is 0.0828. The minimum absolute atomic E-state index is 0. The van der Waals surface area contributed by atoms with Gasteiger partial charge >= 0.3 is 0 Å². The van der Waals surface area contributed by atoms with Gasteiger partial charge in [0.2, 0.25) is 0 Å². The number of amides is 1. The molecular weight excluding hydrogens is 437 g/mol. The number of nitrogens with zero attached hydrogens (tertiary/aromatic N) is 4. The molecule has 9 heteroatoms. The van der Waals surface area contributed by atoms with E-state index in [2.05, 4.69) is 32.2 Å². The summed E-state index contributed by atoms with van der Waals surface area (Å²) >= 11 is 6.02. The summed E-state index contributed by atoms with van der Waals surface area (Å²) in [6, 6.07) is 9.84. The number of nitrogens with one attached hydrogen (secondary N) is 1. The molecule has 7 nitrogen and oxygen atoms in total. The first kappa shape index (κ1) is 25.0. The molecule has 1 aliphatic heterocycles. The maximum absolute atomic E-state index is 12.4. The molecule has 1 N–H and O–H groups in total. The number of hydrogen-bond donors (Lipinski definition) is 1. The van der Waals surface area contributed by atoms with Gasteiger partial charge < -0.3 is 19.9 Å². The van der Waals surface area contributed by atoms with Gasteiger partial charge in [0.05, 0.1) is 23.4 Å². The van der Waals surface area contributed by atoms with Crippen LogP contribution in [-0.4, -0.2) is 81.2 Å². The van der Waals surface area contributed by atoms with Crippen molar-refractivity contribution in [1.29, 1.82) is 0 Å². The number of carbonyl (C=O) groups is 1. The predicted octanol–water partition coefficient (Wildman–Crippen LogP) is 3.49. The molecule has 1 saturated heterocycles. The molecule has 1 aromatic carbocycles. The fourth-order valence-electron chi connectivity index (χ4n) is 3.60. The number of methoxy groups -OCH3 is 1. The van der Waals surface area contributed by atoms with Gasteiger partial charge in [-0.3, -0.25) is 9.69 Å².